The van der Waals surface area contributed by atoms with E-state index in [1.807, 2.05) is 24.3 Å². The summed E-state index contributed by atoms with van der Waals surface area (Å²) in [5, 5.41) is 13.8. The van der Waals surface area contributed by atoms with E-state index in [9.17, 15) is 19.7 Å². The van der Waals surface area contributed by atoms with Gasteiger partial charge in [-0.15, -0.1) is 0 Å². The third-order valence-electron chi connectivity index (χ3n) is 4.91. The summed E-state index contributed by atoms with van der Waals surface area (Å²) < 4.78 is 0. The van der Waals surface area contributed by atoms with E-state index in [1.165, 1.54) is 17.7 Å². The number of amides is 2. The fourth-order valence-corrected chi connectivity index (χ4v) is 3.24. The number of rotatable bonds is 5. The molecule has 2 aromatic carbocycles. The van der Waals surface area contributed by atoms with Crippen LogP contribution in [0.4, 0.5) is 17.1 Å². The first-order valence-electron chi connectivity index (χ1n) is 8.85. The summed E-state index contributed by atoms with van der Waals surface area (Å²) >= 11 is 0. The molecule has 140 valence electrons. The summed E-state index contributed by atoms with van der Waals surface area (Å²) in [6.07, 6.45) is 1.04. The minimum Gasteiger partial charge on any atom is -0.325 e. The van der Waals surface area contributed by atoms with Crippen molar-refractivity contribution in [2.24, 2.45) is 5.92 Å². The van der Waals surface area contributed by atoms with Gasteiger partial charge >= 0.3 is 0 Å². The second-order valence-electron chi connectivity index (χ2n) is 6.62. The molecule has 0 bridgehead atoms. The topological polar surface area (TPSA) is 92.6 Å². The Kier molecular flexibility index (Phi) is 5.21. The fourth-order valence-electron chi connectivity index (χ4n) is 3.24. The van der Waals surface area contributed by atoms with Crippen LogP contribution in [0.15, 0.2) is 42.5 Å². The van der Waals surface area contributed by atoms with E-state index in [-0.39, 0.29) is 23.9 Å². The number of carbonyl (C=O) groups excluding carboxylic acids is 2. The van der Waals surface area contributed by atoms with Gasteiger partial charge in [-0.3, -0.25) is 19.7 Å². The largest absolute Gasteiger partial charge is 0.325 e. The number of benzene rings is 2. The Labute approximate surface area is 157 Å². The monoisotopic (exact) mass is 367 g/mol. The number of nitro groups is 1. The van der Waals surface area contributed by atoms with Crippen LogP contribution in [-0.2, 0) is 16.0 Å². The van der Waals surface area contributed by atoms with Gasteiger partial charge in [-0.2, -0.15) is 0 Å². The van der Waals surface area contributed by atoms with E-state index in [1.54, 1.807) is 17.9 Å². The third-order valence-corrected chi connectivity index (χ3v) is 4.91. The van der Waals surface area contributed by atoms with Crippen molar-refractivity contribution in [3.05, 3.63) is 63.7 Å². The summed E-state index contributed by atoms with van der Waals surface area (Å²) in [5.41, 5.74) is 2.70. The number of hydrogen-bond donors (Lipinski definition) is 1. The first-order chi connectivity index (χ1) is 12.9. The molecule has 3 rings (SSSR count). The Hall–Kier alpha value is -3.22. The van der Waals surface area contributed by atoms with Gasteiger partial charge in [0, 0.05) is 24.7 Å². The van der Waals surface area contributed by atoms with Crippen LogP contribution in [-0.4, -0.2) is 23.3 Å². The molecule has 27 heavy (non-hydrogen) atoms. The second kappa shape index (κ2) is 7.57. The van der Waals surface area contributed by atoms with Gasteiger partial charge in [-0.05, 0) is 37.1 Å². The van der Waals surface area contributed by atoms with Crippen molar-refractivity contribution >= 4 is 28.9 Å². The maximum atomic E-state index is 12.6. The van der Waals surface area contributed by atoms with Crippen LogP contribution in [0.25, 0.3) is 0 Å². The van der Waals surface area contributed by atoms with Crippen molar-refractivity contribution in [3.63, 3.8) is 0 Å². The first kappa shape index (κ1) is 18.6. The third kappa shape index (κ3) is 3.81. The Morgan fingerprint density at radius 2 is 1.96 bits per heavy atom. The Bertz CT molecular complexity index is 893. The Balaban J connectivity index is 1.72. The van der Waals surface area contributed by atoms with Gasteiger partial charge in [-0.25, -0.2) is 0 Å². The molecular formula is C20H21N3O4. The maximum absolute atomic E-state index is 12.6. The van der Waals surface area contributed by atoms with E-state index in [2.05, 4.69) is 12.2 Å². The summed E-state index contributed by atoms with van der Waals surface area (Å²) in [7, 11) is 0. The van der Waals surface area contributed by atoms with Crippen LogP contribution in [0.1, 0.15) is 24.5 Å². The number of carbonyl (C=O) groups is 2. The van der Waals surface area contributed by atoms with Gasteiger partial charge in [0.15, 0.2) is 0 Å². The smallest absolute Gasteiger partial charge is 0.274 e. The number of nitrogens with zero attached hydrogens (tertiary/aromatic N) is 2. The van der Waals surface area contributed by atoms with Crippen molar-refractivity contribution in [3.8, 4) is 0 Å². The number of hydrogen-bond acceptors (Lipinski definition) is 4. The van der Waals surface area contributed by atoms with Crippen molar-refractivity contribution in [2.45, 2.75) is 26.7 Å². The molecule has 1 saturated heterocycles. The molecule has 1 heterocycles. The Morgan fingerprint density at radius 1 is 1.26 bits per heavy atom. The molecule has 2 amide bonds. The van der Waals surface area contributed by atoms with Gasteiger partial charge in [0.05, 0.1) is 22.1 Å². The zero-order valence-corrected chi connectivity index (χ0v) is 15.3. The van der Waals surface area contributed by atoms with Crippen LogP contribution in [0, 0.1) is 23.0 Å². The second-order valence-corrected chi connectivity index (χ2v) is 6.62. The van der Waals surface area contributed by atoms with Crippen LogP contribution < -0.4 is 10.2 Å². The highest BCUT2D eigenvalue weighted by atomic mass is 16.6. The molecule has 1 aliphatic heterocycles. The minimum absolute atomic E-state index is 0.0482. The van der Waals surface area contributed by atoms with Crippen molar-refractivity contribution < 1.29 is 14.5 Å². The molecule has 1 unspecified atom stereocenters. The number of nitro benzene ring substituents is 1. The predicted octanol–water partition coefficient (Wildman–Crippen LogP) is 3.46. The van der Waals surface area contributed by atoms with E-state index in [0.29, 0.717) is 17.8 Å². The van der Waals surface area contributed by atoms with Gasteiger partial charge in [0.1, 0.15) is 0 Å². The highest BCUT2D eigenvalue weighted by Crippen LogP contribution is 2.29. The van der Waals surface area contributed by atoms with Gasteiger partial charge < -0.3 is 10.2 Å². The lowest BCUT2D eigenvalue weighted by Crippen LogP contribution is -2.28. The molecule has 0 aromatic heterocycles. The highest BCUT2D eigenvalue weighted by molar-refractivity contribution is 6.03. The maximum Gasteiger partial charge on any atom is 0.274 e. The lowest BCUT2D eigenvalue weighted by Gasteiger charge is -2.17. The van der Waals surface area contributed by atoms with Crippen molar-refractivity contribution in [1.82, 2.24) is 0 Å². The minimum atomic E-state index is -0.498. The molecule has 1 N–H and O–H groups in total. The van der Waals surface area contributed by atoms with Gasteiger partial charge in [0.2, 0.25) is 11.8 Å². The molecule has 0 saturated carbocycles. The van der Waals surface area contributed by atoms with E-state index >= 15 is 0 Å². The average Bonchev–Trinajstić information content (AvgIpc) is 3.05. The zero-order valence-electron chi connectivity index (χ0n) is 15.3. The summed E-state index contributed by atoms with van der Waals surface area (Å²) in [5.74, 6) is -0.906. The van der Waals surface area contributed by atoms with E-state index in [0.717, 1.165) is 12.1 Å². The molecule has 1 aliphatic rings. The molecule has 1 fully saturated rings. The zero-order chi connectivity index (χ0) is 19.6. The number of nitrogens with one attached hydrogen (secondary N) is 1. The SMILES string of the molecule is CCc1ccc(N2CC(C(=O)Nc3cccc([N+](=O)[O-])c3C)CC2=O)cc1. The van der Waals surface area contributed by atoms with Crippen molar-refractivity contribution in [2.75, 3.05) is 16.8 Å². The molecular weight excluding hydrogens is 346 g/mol. The lowest BCUT2D eigenvalue weighted by atomic mass is 10.1. The molecule has 7 nitrogen and oxygen atoms in total. The number of anilines is 2. The molecule has 0 aliphatic carbocycles. The lowest BCUT2D eigenvalue weighted by molar-refractivity contribution is -0.385. The summed E-state index contributed by atoms with van der Waals surface area (Å²) in [6.45, 7) is 3.95. The van der Waals surface area contributed by atoms with Crippen LogP contribution in [0.5, 0.6) is 0 Å². The average molecular weight is 367 g/mol. The number of aryl methyl sites for hydroxylation is 1. The first-order valence-corrected chi connectivity index (χ1v) is 8.85. The molecule has 0 spiro atoms. The summed E-state index contributed by atoms with van der Waals surface area (Å²) in [6, 6.07) is 12.3. The van der Waals surface area contributed by atoms with Gasteiger partial charge in [0.25, 0.3) is 5.69 Å². The Morgan fingerprint density at radius 3 is 2.59 bits per heavy atom. The molecule has 7 heteroatoms. The standard InChI is InChI=1S/C20H21N3O4/c1-3-14-7-9-16(10-8-14)22-12-15(11-19(22)24)20(25)21-17-5-4-6-18(13(17)2)23(26)27/h4-10,15H,3,11-12H2,1-2H3,(H,21,25). The molecule has 2 aromatic rings. The predicted molar refractivity (Wildman–Crippen MR) is 103 cm³/mol. The summed E-state index contributed by atoms with van der Waals surface area (Å²) in [4.78, 5) is 37.2. The van der Waals surface area contributed by atoms with Crippen LogP contribution >= 0.6 is 0 Å². The van der Waals surface area contributed by atoms with E-state index in [4.69, 9.17) is 0 Å². The highest BCUT2D eigenvalue weighted by Gasteiger charge is 2.35. The normalized spacial score (nSPS) is 16.4. The van der Waals surface area contributed by atoms with Crippen LogP contribution in [0.3, 0.4) is 0 Å². The molecule has 1 atom stereocenters. The van der Waals surface area contributed by atoms with Crippen LogP contribution in [0.2, 0.25) is 0 Å². The molecule has 0 radical (unpaired) electrons. The van der Waals surface area contributed by atoms with E-state index < -0.39 is 10.8 Å². The quantitative estimate of drug-likeness (QED) is 0.647. The van der Waals surface area contributed by atoms with Gasteiger partial charge in [-0.1, -0.05) is 25.1 Å². The van der Waals surface area contributed by atoms with Crippen molar-refractivity contribution in [1.29, 1.82) is 0 Å². The fraction of sp³-hybridized carbons (Fsp3) is 0.300.